The molecule has 20 heavy (non-hydrogen) atoms. The van der Waals surface area contributed by atoms with Crippen LogP contribution in [-0.2, 0) is 6.54 Å². The zero-order chi connectivity index (χ0) is 14.1. The molecular formula is C15H12BrN3O. The van der Waals surface area contributed by atoms with E-state index in [0.29, 0.717) is 17.7 Å². The maximum Gasteiger partial charge on any atom is 0.189 e. The molecular weight excluding hydrogens is 318 g/mol. The molecule has 0 unspecified atom stereocenters. The molecule has 0 saturated heterocycles. The number of aromatic nitrogens is 2. The van der Waals surface area contributed by atoms with E-state index >= 15 is 0 Å². The standard InChI is InChI=1S/C15H12BrN3O/c16-11-3-4-12-13(8-11)19(7-5-14(12)20)9-10-2-1-6-18-15(10)17/h1-8H,9H2,(H2,17,18). The van der Waals surface area contributed by atoms with Gasteiger partial charge in [0.2, 0.25) is 0 Å². The first-order chi connectivity index (χ1) is 9.65. The molecule has 0 saturated carbocycles. The van der Waals surface area contributed by atoms with E-state index < -0.39 is 0 Å². The van der Waals surface area contributed by atoms with Crippen LogP contribution in [0, 0.1) is 0 Å². The van der Waals surface area contributed by atoms with Crippen molar-refractivity contribution in [1.29, 1.82) is 0 Å². The molecule has 0 bridgehead atoms. The van der Waals surface area contributed by atoms with Crippen LogP contribution in [0.2, 0.25) is 0 Å². The number of rotatable bonds is 2. The van der Waals surface area contributed by atoms with Gasteiger partial charge in [0.1, 0.15) is 5.82 Å². The maximum absolute atomic E-state index is 11.9. The minimum atomic E-state index is 0.0166. The molecule has 1 aromatic carbocycles. The van der Waals surface area contributed by atoms with Crippen LogP contribution in [0.5, 0.6) is 0 Å². The molecule has 2 aromatic heterocycles. The first-order valence-electron chi connectivity index (χ1n) is 6.13. The fourth-order valence-corrected chi connectivity index (χ4v) is 2.53. The van der Waals surface area contributed by atoms with Crippen molar-refractivity contribution in [3.63, 3.8) is 0 Å². The van der Waals surface area contributed by atoms with Gasteiger partial charge in [-0.3, -0.25) is 4.79 Å². The number of hydrogen-bond acceptors (Lipinski definition) is 3. The lowest BCUT2D eigenvalue weighted by molar-refractivity contribution is 0.823. The molecule has 0 aliphatic carbocycles. The monoisotopic (exact) mass is 329 g/mol. The Morgan fingerprint density at radius 3 is 2.90 bits per heavy atom. The zero-order valence-corrected chi connectivity index (χ0v) is 12.2. The summed E-state index contributed by atoms with van der Waals surface area (Å²) < 4.78 is 2.93. The predicted molar refractivity (Wildman–Crippen MR) is 83.7 cm³/mol. The van der Waals surface area contributed by atoms with E-state index in [1.807, 2.05) is 34.9 Å². The highest BCUT2D eigenvalue weighted by Gasteiger charge is 2.06. The van der Waals surface area contributed by atoms with E-state index in [9.17, 15) is 4.79 Å². The Morgan fingerprint density at radius 1 is 1.25 bits per heavy atom. The van der Waals surface area contributed by atoms with Crippen LogP contribution in [0.15, 0.2) is 58.1 Å². The molecule has 0 aliphatic rings. The highest BCUT2D eigenvalue weighted by molar-refractivity contribution is 9.10. The summed E-state index contributed by atoms with van der Waals surface area (Å²) >= 11 is 3.44. The molecule has 3 aromatic rings. The second-order valence-electron chi connectivity index (χ2n) is 4.52. The zero-order valence-electron chi connectivity index (χ0n) is 10.6. The van der Waals surface area contributed by atoms with Gasteiger partial charge in [-0.2, -0.15) is 0 Å². The van der Waals surface area contributed by atoms with Gasteiger partial charge < -0.3 is 10.3 Å². The maximum atomic E-state index is 11.9. The Hall–Kier alpha value is -2.14. The molecule has 0 amide bonds. The largest absolute Gasteiger partial charge is 0.383 e. The molecule has 2 N–H and O–H groups in total. The predicted octanol–water partition coefficient (Wildman–Crippen LogP) is 2.79. The fourth-order valence-electron chi connectivity index (χ4n) is 2.18. The van der Waals surface area contributed by atoms with E-state index in [-0.39, 0.29) is 5.43 Å². The number of nitrogens with two attached hydrogens (primary N) is 1. The number of pyridine rings is 2. The molecule has 4 nitrogen and oxygen atoms in total. The van der Waals surface area contributed by atoms with Gasteiger partial charge in [0.15, 0.2) is 5.43 Å². The molecule has 3 rings (SSSR count). The highest BCUT2D eigenvalue weighted by atomic mass is 79.9. The van der Waals surface area contributed by atoms with Gasteiger partial charge in [0.05, 0.1) is 12.1 Å². The van der Waals surface area contributed by atoms with Gasteiger partial charge in [-0.1, -0.05) is 22.0 Å². The first-order valence-corrected chi connectivity index (χ1v) is 6.92. The van der Waals surface area contributed by atoms with Crippen LogP contribution in [0.4, 0.5) is 5.82 Å². The van der Waals surface area contributed by atoms with Crippen LogP contribution in [0.3, 0.4) is 0 Å². The normalized spacial score (nSPS) is 10.8. The number of benzene rings is 1. The second-order valence-corrected chi connectivity index (χ2v) is 5.43. The van der Waals surface area contributed by atoms with E-state index in [1.165, 1.54) is 0 Å². The Labute approximate surface area is 124 Å². The minimum Gasteiger partial charge on any atom is -0.383 e. The third-order valence-corrected chi connectivity index (χ3v) is 3.70. The van der Waals surface area contributed by atoms with Crippen LogP contribution < -0.4 is 11.2 Å². The Morgan fingerprint density at radius 2 is 2.10 bits per heavy atom. The van der Waals surface area contributed by atoms with E-state index in [1.54, 1.807) is 18.5 Å². The molecule has 0 radical (unpaired) electrons. The summed E-state index contributed by atoms with van der Waals surface area (Å²) in [5.74, 6) is 0.509. The van der Waals surface area contributed by atoms with Crippen LogP contribution in [0.25, 0.3) is 10.9 Å². The van der Waals surface area contributed by atoms with Gasteiger partial charge >= 0.3 is 0 Å². The van der Waals surface area contributed by atoms with Gasteiger partial charge in [-0.15, -0.1) is 0 Å². The van der Waals surface area contributed by atoms with Crippen molar-refractivity contribution < 1.29 is 0 Å². The summed E-state index contributed by atoms with van der Waals surface area (Å²) in [6.07, 6.45) is 3.45. The van der Waals surface area contributed by atoms with Gasteiger partial charge in [-0.05, 0) is 24.3 Å². The SMILES string of the molecule is Nc1ncccc1Cn1ccc(=O)c2ccc(Br)cc21. The summed E-state index contributed by atoms with van der Waals surface area (Å²) in [5, 5.41) is 0.693. The van der Waals surface area contributed by atoms with Gasteiger partial charge in [0.25, 0.3) is 0 Å². The van der Waals surface area contributed by atoms with Crippen molar-refractivity contribution in [2.24, 2.45) is 0 Å². The minimum absolute atomic E-state index is 0.0166. The summed E-state index contributed by atoms with van der Waals surface area (Å²) in [6, 6.07) is 11.0. The van der Waals surface area contributed by atoms with Crippen molar-refractivity contribution in [3.8, 4) is 0 Å². The number of anilines is 1. The fraction of sp³-hybridized carbons (Fsp3) is 0.0667. The summed E-state index contributed by atoms with van der Waals surface area (Å²) in [5.41, 5.74) is 7.69. The molecule has 2 heterocycles. The Bertz CT molecular complexity index is 842. The first kappa shape index (κ1) is 12.9. The average Bonchev–Trinajstić information content (AvgIpc) is 2.44. The lowest BCUT2D eigenvalue weighted by Crippen LogP contribution is -2.10. The second kappa shape index (κ2) is 5.09. The topological polar surface area (TPSA) is 60.9 Å². The average molecular weight is 330 g/mol. The number of nitrogen functional groups attached to an aromatic ring is 1. The molecule has 100 valence electrons. The van der Waals surface area contributed by atoms with E-state index in [4.69, 9.17) is 5.73 Å². The van der Waals surface area contributed by atoms with Crippen molar-refractivity contribution in [2.75, 3.05) is 5.73 Å². The Balaban J connectivity index is 2.17. The number of fused-ring (bicyclic) bond motifs is 1. The number of nitrogens with zero attached hydrogens (tertiary/aromatic N) is 2. The van der Waals surface area contributed by atoms with Gasteiger partial charge in [-0.25, -0.2) is 4.98 Å². The molecule has 0 fully saturated rings. The highest BCUT2D eigenvalue weighted by Crippen LogP contribution is 2.19. The molecule has 0 atom stereocenters. The third kappa shape index (κ3) is 2.32. The number of hydrogen-bond donors (Lipinski definition) is 1. The number of halogens is 1. The third-order valence-electron chi connectivity index (χ3n) is 3.21. The van der Waals surface area contributed by atoms with Crippen LogP contribution in [0.1, 0.15) is 5.56 Å². The molecule has 0 spiro atoms. The molecule has 5 heteroatoms. The van der Waals surface area contributed by atoms with Crippen molar-refractivity contribution in [3.05, 3.63) is 69.1 Å². The smallest absolute Gasteiger partial charge is 0.189 e. The lowest BCUT2D eigenvalue weighted by Gasteiger charge is -2.12. The summed E-state index contributed by atoms with van der Waals surface area (Å²) in [6.45, 7) is 0.576. The van der Waals surface area contributed by atoms with Gasteiger partial charge in [0, 0.05) is 33.9 Å². The quantitative estimate of drug-likeness (QED) is 0.786. The van der Waals surface area contributed by atoms with E-state index in [2.05, 4.69) is 20.9 Å². The van der Waals surface area contributed by atoms with Crippen molar-refractivity contribution in [2.45, 2.75) is 6.54 Å². The van der Waals surface area contributed by atoms with E-state index in [0.717, 1.165) is 15.6 Å². The summed E-state index contributed by atoms with van der Waals surface area (Å²) in [4.78, 5) is 16.0. The Kier molecular flexibility index (Phi) is 3.28. The van der Waals surface area contributed by atoms with Crippen LogP contribution in [-0.4, -0.2) is 9.55 Å². The molecule has 0 aliphatic heterocycles. The summed E-state index contributed by atoms with van der Waals surface area (Å²) in [7, 11) is 0. The van der Waals surface area contributed by atoms with Crippen molar-refractivity contribution >= 4 is 32.7 Å². The van der Waals surface area contributed by atoms with Crippen LogP contribution >= 0.6 is 15.9 Å². The lowest BCUT2D eigenvalue weighted by atomic mass is 10.2. The van der Waals surface area contributed by atoms with Crippen molar-refractivity contribution in [1.82, 2.24) is 9.55 Å².